The van der Waals surface area contributed by atoms with Gasteiger partial charge in [-0.25, -0.2) is 4.98 Å². The van der Waals surface area contributed by atoms with Crippen molar-refractivity contribution in [2.45, 2.75) is 51.6 Å². The number of rotatable bonds is 5. The minimum absolute atomic E-state index is 0.0462. The second-order valence-electron chi connectivity index (χ2n) is 8.87. The van der Waals surface area contributed by atoms with Crippen LogP contribution in [0.2, 0.25) is 0 Å². The number of aryl methyl sites for hydroxylation is 2. The van der Waals surface area contributed by atoms with E-state index in [1.165, 1.54) is 11.3 Å². The molecule has 1 fully saturated rings. The van der Waals surface area contributed by atoms with E-state index in [1.807, 2.05) is 24.3 Å². The number of ketones is 1. The molecule has 1 aliphatic carbocycles. The SMILES string of the molecule is O=C(Cn1c(CN2CCCC2)nc2sc3c(c2c1=O)CCCC3)c1cc2ccccc2o1. The van der Waals surface area contributed by atoms with E-state index in [4.69, 9.17) is 9.40 Å². The van der Waals surface area contributed by atoms with Gasteiger partial charge < -0.3 is 4.42 Å². The van der Waals surface area contributed by atoms with Crippen molar-refractivity contribution in [1.82, 2.24) is 14.5 Å². The van der Waals surface area contributed by atoms with Crippen LogP contribution in [0.5, 0.6) is 0 Å². The molecule has 164 valence electrons. The molecule has 0 spiro atoms. The van der Waals surface area contributed by atoms with E-state index < -0.39 is 0 Å². The Morgan fingerprint density at radius 1 is 1.09 bits per heavy atom. The van der Waals surface area contributed by atoms with Crippen LogP contribution in [0.4, 0.5) is 0 Å². The largest absolute Gasteiger partial charge is 0.453 e. The molecule has 0 N–H and O–H groups in total. The Morgan fingerprint density at radius 2 is 1.91 bits per heavy atom. The molecule has 0 bridgehead atoms. The average molecular weight is 448 g/mol. The summed E-state index contributed by atoms with van der Waals surface area (Å²) in [5.74, 6) is 0.779. The van der Waals surface area contributed by atoms with Gasteiger partial charge in [0.05, 0.1) is 18.5 Å². The summed E-state index contributed by atoms with van der Waals surface area (Å²) in [6, 6.07) is 9.34. The third kappa shape index (κ3) is 3.40. The van der Waals surface area contributed by atoms with Gasteiger partial charge in [-0.05, 0) is 69.3 Å². The number of aromatic nitrogens is 2. The number of carbonyl (C=O) groups excluding carboxylic acids is 1. The van der Waals surface area contributed by atoms with Crippen LogP contribution in [0.1, 0.15) is 52.5 Å². The van der Waals surface area contributed by atoms with Gasteiger partial charge in [0.25, 0.3) is 5.56 Å². The number of hydrogen-bond donors (Lipinski definition) is 0. The van der Waals surface area contributed by atoms with Crippen molar-refractivity contribution in [2.75, 3.05) is 13.1 Å². The minimum atomic E-state index is -0.198. The molecule has 1 aliphatic heterocycles. The molecule has 0 unspecified atom stereocenters. The fourth-order valence-corrected chi connectivity index (χ4v) is 6.32. The Labute approximate surface area is 189 Å². The molecule has 3 aromatic heterocycles. The predicted octanol–water partition coefficient (Wildman–Crippen LogP) is 4.56. The normalized spacial score (nSPS) is 16.8. The molecule has 4 heterocycles. The Bertz CT molecular complexity index is 1360. The number of benzene rings is 1. The topological polar surface area (TPSA) is 68.3 Å². The fraction of sp³-hybridized carbons (Fsp3) is 0.400. The van der Waals surface area contributed by atoms with Gasteiger partial charge in [0, 0.05) is 10.3 Å². The molecule has 0 atom stereocenters. The number of para-hydroxylation sites is 1. The molecule has 0 radical (unpaired) electrons. The highest BCUT2D eigenvalue weighted by atomic mass is 32.1. The second kappa shape index (κ2) is 7.98. The number of furan rings is 1. The van der Waals surface area contributed by atoms with Crippen LogP contribution >= 0.6 is 11.3 Å². The first-order chi connectivity index (χ1) is 15.7. The number of hydrogen-bond acceptors (Lipinski definition) is 6. The van der Waals surface area contributed by atoms with Gasteiger partial charge >= 0.3 is 0 Å². The Balaban J connectivity index is 1.44. The van der Waals surface area contributed by atoms with Gasteiger partial charge in [0.2, 0.25) is 5.78 Å². The van der Waals surface area contributed by atoms with E-state index in [-0.39, 0.29) is 23.6 Å². The minimum Gasteiger partial charge on any atom is -0.453 e. The van der Waals surface area contributed by atoms with Gasteiger partial charge in [-0.15, -0.1) is 11.3 Å². The first-order valence-electron chi connectivity index (χ1n) is 11.5. The maximum absolute atomic E-state index is 13.7. The lowest BCUT2D eigenvalue weighted by Gasteiger charge is -2.18. The van der Waals surface area contributed by atoms with E-state index in [9.17, 15) is 9.59 Å². The second-order valence-corrected chi connectivity index (χ2v) is 9.95. The number of carbonyl (C=O) groups is 1. The summed E-state index contributed by atoms with van der Waals surface area (Å²) < 4.78 is 7.39. The van der Waals surface area contributed by atoms with Gasteiger partial charge in [-0.2, -0.15) is 0 Å². The summed E-state index contributed by atoms with van der Waals surface area (Å²) in [4.78, 5) is 36.3. The molecule has 32 heavy (non-hydrogen) atoms. The van der Waals surface area contributed by atoms with Crippen molar-refractivity contribution < 1.29 is 9.21 Å². The first-order valence-corrected chi connectivity index (χ1v) is 12.3. The van der Waals surface area contributed by atoms with Crippen molar-refractivity contribution >= 4 is 38.3 Å². The van der Waals surface area contributed by atoms with Gasteiger partial charge in [0.15, 0.2) is 5.76 Å². The number of thiophene rings is 1. The van der Waals surface area contributed by atoms with Crippen LogP contribution in [0.25, 0.3) is 21.2 Å². The highest BCUT2D eigenvalue weighted by Gasteiger charge is 2.25. The van der Waals surface area contributed by atoms with Crippen LogP contribution < -0.4 is 5.56 Å². The van der Waals surface area contributed by atoms with E-state index in [0.29, 0.717) is 18.0 Å². The van der Waals surface area contributed by atoms with Crippen LogP contribution in [0, 0.1) is 0 Å². The lowest BCUT2D eigenvalue weighted by atomic mass is 9.97. The van der Waals surface area contributed by atoms with E-state index in [0.717, 1.165) is 66.4 Å². The van der Waals surface area contributed by atoms with Gasteiger partial charge in [0.1, 0.15) is 16.2 Å². The Hall–Kier alpha value is -2.77. The molecule has 2 aliphatic rings. The van der Waals surface area contributed by atoms with Crippen molar-refractivity contribution in [2.24, 2.45) is 0 Å². The first kappa shape index (κ1) is 19.9. The predicted molar refractivity (Wildman–Crippen MR) is 126 cm³/mol. The molecule has 6 nitrogen and oxygen atoms in total. The molecular formula is C25H25N3O3S. The van der Waals surface area contributed by atoms with Gasteiger partial charge in [-0.1, -0.05) is 18.2 Å². The monoisotopic (exact) mass is 447 g/mol. The summed E-state index contributed by atoms with van der Waals surface area (Å²) in [5.41, 5.74) is 1.76. The average Bonchev–Trinajstić information content (AvgIpc) is 3.53. The van der Waals surface area contributed by atoms with Gasteiger partial charge in [-0.3, -0.25) is 19.1 Å². The van der Waals surface area contributed by atoms with Crippen molar-refractivity contribution in [3.63, 3.8) is 0 Å². The van der Waals surface area contributed by atoms with Crippen LogP contribution in [0.15, 0.2) is 39.5 Å². The summed E-state index contributed by atoms with van der Waals surface area (Å²) in [6.07, 6.45) is 6.55. The number of likely N-dealkylation sites (tertiary alicyclic amines) is 1. The highest BCUT2D eigenvalue weighted by Crippen LogP contribution is 2.34. The Morgan fingerprint density at radius 3 is 2.75 bits per heavy atom. The molecule has 1 aromatic carbocycles. The number of nitrogens with zero attached hydrogens (tertiary/aromatic N) is 3. The van der Waals surface area contributed by atoms with E-state index in [1.54, 1.807) is 22.0 Å². The van der Waals surface area contributed by atoms with E-state index in [2.05, 4.69) is 4.90 Å². The summed E-state index contributed by atoms with van der Waals surface area (Å²) in [7, 11) is 0. The molecule has 1 saturated heterocycles. The summed E-state index contributed by atoms with van der Waals surface area (Å²) in [5, 5.41) is 1.62. The molecule has 4 aromatic rings. The molecule has 0 amide bonds. The summed E-state index contributed by atoms with van der Waals surface area (Å²) in [6.45, 7) is 2.56. The quantitative estimate of drug-likeness (QED) is 0.420. The van der Waals surface area contributed by atoms with Crippen molar-refractivity contribution in [1.29, 1.82) is 0 Å². The standard InChI is InChI=1S/C25H25N3O3S/c29-18(20-13-16-7-1-3-9-19(16)31-20)14-28-22(15-27-11-5-6-12-27)26-24-23(25(28)30)17-8-2-4-10-21(17)32-24/h1,3,7,9,13H,2,4-6,8,10-12,14-15H2. The van der Waals surface area contributed by atoms with E-state index >= 15 is 0 Å². The van der Waals surface area contributed by atoms with Crippen LogP contribution in [-0.4, -0.2) is 33.3 Å². The fourth-order valence-electron chi connectivity index (χ4n) is 5.05. The molecule has 6 rings (SSSR count). The third-order valence-corrected chi connectivity index (χ3v) is 7.91. The number of Topliss-reactive ketones (excluding diaryl/α,β-unsaturated/α-hetero) is 1. The lowest BCUT2D eigenvalue weighted by Crippen LogP contribution is -2.32. The zero-order valence-corrected chi connectivity index (χ0v) is 18.7. The van der Waals surface area contributed by atoms with Crippen LogP contribution in [0.3, 0.4) is 0 Å². The molecule has 0 saturated carbocycles. The van der Waals surface area contributed by atoms with Crippen LogP contribution in [-0.2, 0) is 25.9 Å². The smallest absolute Gasteiger partial charge is 0.263 e. The third-order valence-electron chi connectivity index (χ3n) is 6.72. The Kier molecular flexibility index (Phi) is 4.96. The molecule has 7 heteroatoms. The maximum Gasteiger partial charge on any atom is 0.263 e. The van der Waals surface area contributed by atoms with Crippen molar-refractivity contribution in [3.05, 3.63) is 62.7 Å². The number of fused-ring (bicyclic) bond motifs is 4. The highest BCUT2D eigenvalue weighted by molar-refractivity contribution is 7.18. The van der Waals surface area contributed by atoms with Crippen molar-refractivity contribution in [3.8, 4) is 0 Å². The lowest BCUT2D eigenvalue weighted by molar-refractivity contribution is 0.0943. The zero-order chi connectivity index (χ0) is 21.7. The maximum atomic E-state index is 13.7. The zero-order valence-electron chi connectivity index (χ0n) is 17.9. The molecular weight excluding hydrogens is 422 g/mol. The summed E-state index contributed by atoms with van der Waals surface area (Å²) >= 11 is 1.67.